The van der Waals surface area contributed by atoms with Crippen LogP contribution in [0.5, 0.6) is 0 Å². The summed E-state index contributed by atoms with van der Waals surface area (Å²) in [6, 6.07) is 11.2. The van der Waals surface area contributed by atoms with Crippen molar-refractivity contribution < 1.29 is 14.3 Å². The van der Waals surface area contributed by atoms with Crippen molar-refractivity contribution in [2.75, 3.05) is 32.7 Å². The lowest BCUT2D eigenvalue weighted by atomic mass is 10.1. The SMILES string of the molecule is O=C(c1ccccn1)N1CCCN(C[C@@H](O)c2ccc(F)cc2)CC1. The van der Waals surface area contributed by atoms with Gasteiger partial charge in [0.2, 0.25) is 0 Å². The summed E-state index contributed by atoms with van der Waals surface area (Å²) in [4.78, 5) is 20.6. The first-order chi connectivity index (χ1) is 12.1. The number of carbonyl (C=O) groups excluding carboxylic acids is 1. The number of aliphatic hydroxyl groups is 1. The molecule has 0 saturated carbocycles. The van der Waals surface area contributed by atoms with Crippen molar-refractivity contribution in [3.8, 4) is 0 Å². The Labute approximate surface area is 146 Å². The fourth-order valence-electron chi connectivity index (χ4n) is 3.04. The van der Waals surface area contributed by atoms with E-state index in [1.54, 1.807) is 30.5 Å². The molecule has 5 nitrogen and oxygen atoms in total. The lowest BCUT2D eigenvalue weighted by molar-refractivity contribution is 0.0748. The standard InChI is InChI=1S/C19H22FN3O2/c20-16-7-5-15(6-8-16)18(24)14-22-10-3-11-23(13-12-22)19(25)17-4-1-2-9-21-17/h1-2,4-9,18,24H,3,10-14H2/t18-/m1/s1. The van der Waals surface area contributed by atoms with Crippen LogP contribution in [-0.4, -0.2) is 58.5 Å². The number of benzene rings is 1. The van der Waals surface area contributed by atoms with Gasteiger partial charge in [-0.1, -0.05) is 18.2 Å². The quantitative estimate of drug-likeness (QED) is 0.924. The lowest BCUT2D eigenvalue weighted by Crippen LogP contribution is -2.36. The van der Waals surface area contributed by atoms with Gasteiger partial charge in [-0.3, -0.25) is 14.7 Å². The summed E-state index contributed by atoms with van der Waals surface area (Å²) < 4.78 is 13.0. The zero-order chi connectivity index (χ0) is 17.6. The molecule has 1 aromatic carbocycles. The summed E-state index contributed by atoms with van der Waals surface area (Å²) in [6.07, 6.45) is 1.80. The molecule has 0 spiro atoms. The van der Waals surface area contributed by atoms with E-state index in [-0.39, 0.29) is 11.7 Å². The highest BCUT2D eigenvalue weighted by molar-refractivity contribution is 5.92. The molecule has 25 heavy (non-hydrogen) atoms. The van der Waals surface area contributed by atoms with Crippen LogP contribution in [-0.2, 0) is 0 Å². The van der Waals surface area contributed by atoms with Crippen LogP contribution < -0.4 is 0 Å². The largest absolute Gasteiger partial charge is 0.387 e. The third-order valence-corrected chi connectivity index (χ3v) is 4.45. The first-order valence-electron chi connectivity index (χ1n) is 8.49. The highest BCUT2D eigenvalue weighted by atomic mass is 19.1. The number of β-amino-alcohol motifs (C(OH)–C–C–N with tert-alkyl or cyclic N) is 1. The molecule has 6 heteroatoms. The predicted molar refractivity (Wildman–Crippen MR) is 92.6 cm³/mol. The smallest absolute Gasteiger partial charge is 0.272 e. The van der Waals surface area contributed by atoms with E-state index in [2.05, 4.69) is 9.88 Å². The monoisotopic (exact) mass is 343 g/mol. The lowest BCUT2D eigenvalue weighted by Gasteiger charge is -2.24. The van der Waals surface area contributed by atoms with Crippen molar-refractivity contribution in [1.29, 1.82) is 0 Å². The van der Waals surface area contributed by atoms with Gasteiger partial charge < -0.3 is 10.0 Å². The number of aromatic nitrogens is 1. The van der Waals surface area contributed by atoms with Crippen molar-refractivity contribution in [1.82, 2.24) is 14.8 Å². The Bertz CT molecular complexity index is 694. The molecule has 0 radical (unpaired) electrons. The minimum atomic E-state index is -0.668. The average molecular weight is 343 g/mol. The fraction of sp³-hybridized carbons (Fsp3) is 0.368. The van der Waals surface area contributed by atoms with Gasteiger partial charge >= 0.3 is 0 Å². The Morgan fingerprint density at radius 2 is 1.92 bits per heavy atom. The van der Waals surface area contributed by atoms with E-state index < -0.39 is 6.10 Å². The maximum Gasteiger partial charge on any atom is 0.272 e. The second-order valence-electron chi connectivity index (χ2n) is 6.23. The Morgan fingerprint density at radius 3 is 2.64 bits per heavy atom. The number of pyridine rings is 1. The highest BCUT2D eigenvalue weighted by Crippen LogP contribution is 2.16. The fourth-order valence-corrected chi connectivity index (χ4v) is 3.04. The van der Waals surface area contributed by atoms with Crippen LogP contribution in [0.15, 0.2) is 48.7 Å². The first kappa shape index (κ1) is 17.5. The van der Waals surface area contributed by atoms with Gasteiger partial charge in [0.05, 0.1) is 6.10 Å². The molecular weight excluding hydrogens is 321 g/mol. The number of carbonyl (C=O) groups is 1. The molecule has 1 fully saturated rings. The molecular formula is C19H22FN3O2. The number of hydrogen-bond acceptors (Lipinski definition) is 4. The minimum absolute atomic E-state index is 0.0541. The van der Waals surface area contributed by atoms with Crippen LogP contribution in [0.2, 0.25) is 0 Å². The number of rotatable bonds is 4. The molecule has 3 rings (SSSR count). The first-order valence-corrected chi connectivity index (χ1v) is 8.49. The van der Waals surface area contributed by atoms with E-state index in [1.165, 1.54) is 12.1 Å². The van der Waals surface area contributed by atoms with Crippen molar-refractivity contribution in [3.63, 3.8) is 0 Å². The summed E-state index contributed by atoms with van der Waals surface area (Å²) in [5.41, 5.74) is 1.16. The third-order valence-electron chi connectivity index (χ3n) is 4.45. The van der Waals surface area contributed by atoms with E-state index in [1.807, 2.05) is 11.0 Å². The molecule has 1 amide bonds. The van der Waals surface area contributed by atoms with Gasteiger partial charge in [-0.05, 0) is 36.2 Å². The van der Waals surface area contributed by atoms with Crippen LogP contribution in [0, 0.1) is 5.82 Å². The molecule has 1 atom stereocenters. The Morgan fingerprint density at radius 1 is 1.12 bits per heavy atom. The third kappa shape index (κ3) is 4.61. The van der Waals surface area contributed by atoms with Crippen LogP contribution in [0.3, 0.4) is 0 Å². The van der Waals surface area contributed by atoms with E-state index >= 15 is 0 Å². The Balaban J connectivity index is 1.56. The van der Waals surface area contributed by atoms with Gasteiger partial charge in [0.15, 0.2) is 0 Å². The van der Waals surface area contributed by atoms with E-state index in [9.17, 15) is 14.3 Å². The maximum atomic E-state index is 13.0. The second kappa shape index (κ2) is 8.18. The summed E-state index contributed by atoms with van der Waals surface area (Å²) in [5, 5.41) is 10.4. The van der Waals surface area contributed by atoms with Gasteiger partial charge in [0.1, 0.15) is 11.5 Å². The molecule has 1 aromatic heterocycles. The van der Waals surface area contributed by atoms with Crippen LogP contribution in [0.25, 0.3) is 0 Å². The molecule has 2 heterocycles. The number of hydrogen-bond donors (Lipinski definition) is 1. The highest BCUT2D eigenvalue weighted by Gasteiger charge is 2.22. The molecule has 1 saturated heterocycles. The van der Waals surface area contributed by atoms with E-state index in [0.717, 1.165) is 13.0 Å². The Hall–Kier alpha value is -2.31. The average Bonchev–Trinajstić information content (AvgIpc) is 2.88. The summed E-state index contributed by atoms with van der Waals surface area (Å²) in [7, 11) is 0. The van der Waals surface area contributed by atoms with Gasteiger partial charge in [-0.2, -0.15) is 0 Å². The van der Waals surface area contributed by atoms with Crippen molar-refractivity contribution in [3.05, 3.63) is 65.7 Å². The second-order valence-corrected chi connectivity index (χ2v) is 6.23. The van der Waals surface area contributed by atoms with Gasteiger partial charge in [-0.15, -0.1) is 0 Å². The molecule has 1 N–H and O–H groups in total. The molecule has 2 aromatic rings. The zero-order valence-corrected chi connectivity index (χ0v) is 14.0. The normalized spacial score (nSPS) is 17.1. The minimum Gasteiger partial charge on any atom is -0.387 e. The number of halogens is 1. The van der Waals surface area contributed by atoms with Crippen LogP contribution >= 0.6 is 0 Å². The topological polar surface area (TPSA) is 56.7 Å². The number of aliphatic hydroxyl groups excluding tert-OH is 1. The molecule has 1 aliphatic heterocycles. The molecule has 0 bridgehead atoms. The number of amides is 1. The Kier molecular flexibility index (Phi) is 5.73. The molecule has 0 aliphatic carbocycles. The van der Waals surface area contributed by atoms with Gasteiger partial charge in [0.25, 0.3) is 5.91 Å². The molecule has 1 aliphatic rings. The van der Waals surface area contributed by atoms with Crippen molar-refractivity contribution in [2.45, 2.75) is 12.5 Å². The summed E-state index contributed by atoms with van der Waals surface area (Å²) >= 11 is 0. The van der Waals surface area contributed by atoms with E-state index in [4.69, 9.17) is 0 Å². The van der Waals surface area contributed by atoms with Crippen LogP contribution in [0.4, 0.5) is 4.39 Å². The molecule has 132 valence electrons. The summed E-state index contributed by atoms with van der Waals surface area (Å²) in [6.45, 7) is 3.25. The van der Waals surface area contributed by atoms with E-state index in [0.29, 0.717) is 37.4 Å². The van der Waals surface area contributed by atoms with Gasteiger partial charge in [-0.25, -0.2) is 4.39 Å². The maximum absolute atomic E-state index is 13.0. The van der Waals surface area contributed by atoms with Crippen molar-refractivity contribution >= 4 is 5.91 Å². The molecule has 0 unspecified atom stereocenters. The predicted octanol–water partition coefficient (Wildman–Crippen LogP) is 2.10. The zero-order valence-electron chi connectivity index (χ0n) is 14.0. The van der Waals surface area contributed by atoms with Crippen molar-refractivity contribution in [2.24, 2.45) is 0 Å². The van der Waals surface area contributed by atoms with Gasteiger partial charge in [0, 0.05) is 38.9 Å². The number of nitrogens with zero attached hydrogens (tertiary/aromatic N) is 3. The summed E-state index contributed by atoms with van der Waals surface area (Å²) in [5.74, 6) is -0.365. The van der Waals surface area contributed by atoms with Crippen LogP contribution in [0.1, 0.15) is 28.6 Å².